The molecule has 0 fully saturated rings. The number of aromatic carboxylic acids is 1. The summed E-state index contributed by atoms with van der Waals surface area (Å²) in [6.07, 6.45) is 3.81. The molecule has 0 aliphatic heterocycles. The molecular formula is C18H13N3O2. The minimum absolute atomic E-state index is 0.270. The average molecular weight is 303 g/mol. The Morgan fingerprint density at radius 3 is 2.65 bits per heavy atom. The maximum Gasteiger partial charge on any atom is 0.335 e. The molecule has 0 radical (unpaired) electrons. The summed E-state index contributed by atoms with van der Waals surface area (Å²) in [5.74, 6) is -0.929. The predicted molar refractivity (Wildman–Crippen MR) is 87.8 cm³/mol. The molecule has 0 aliphatic carbocycles. The van der Waals surface area contributed by atoms with Crippen LogP contribution in [0.3, 0.4) is 0 Å². The van der Waals surface area contributed by atoms with Gasteiger partial charge in [-0.25, -0.2) is 9.48 Å². The van der Waals surface area contributed by atoms with Gasteiger partial charge in [-0.05, 0) is 42.5 Å². The molecule has 0 aliphatic rings. The van der Waals surface area contributed by atoms with Crippen LogP contribution in [0.4, 0.5) is 0 Å². The van der Waals surface area contributed by atoms with Crippen LogP contribution in [0.2, 0.25) is 0 Å². The summed E-state index contributed by atoms with van der Waals surface area (Å²) < 4.78 is 1.81. The van der Waals surface area contributed by atoms with Gasteiger partial charge in [0.2, 0.25) is 0 Å². The number of benzene rings is 2. The van der Waals surface area contributed by atoms with Crippen LogP contribution in [0.1, 0.15) is 10.4 Å². The van der Waals surface area contributed by atoms with E-state index in [9.17, 15) is 4.79 Å². The van der Waals surface area contributed by atoms with Gasteiger partial charge in [-0.2, -0.15) is 5.10 Å². The molecule has 0 saturated heterocycles. The maximum absolute atomic E-state index is 10.9. The van der Waals surface area contributed by atoms with Gasteiger partial charge in [-0.3, -0.25) is 0 Å². The van der Waals surface area contributed by atoms with E-state index in [1.54, 1.807) is 24.3 Å². The quantitative estimate of drug-likeness (QED) is 0.606. The largest absolute Gasteiger partial charge is 0.478 e. The minimum Gasteiger partial charge on any atom is -0.478 e. The highest BCUT2D eigenvalue weighted by molar-refractivity contribution is 5.88. The third-order valence-electron chi connectivity index (χ3n) is 3.82. The second kappa shape index (κ2) is 5.14. The first-order valence-electron chi connectivity index (χ1n) is 7.18. The van der Waals surface area contributed by atoms with Crippen molar-refractivity contribution in [3.05, 3.63) is 72.6 Å². The summed E-state index contributed by atoms with van der Waals surface area (Å²) >= 11 is 0. The molecule has 0 amide bonds. The van der Waals surface area contributed by atoms with Gasteiger partial charge in [-0.1, -0.05) is 12.1 Å². The maximum atomic E-state index is 10.9. The van der Waals surface area contributed by atoms with Crippen molar-refractivity contribution in [2.75, 3.05) is 0 Å². The number of aromatic nitrogens is 3. The molecule has 4 rings (SSSR count). The first-order valence-corrected chi connectivity index (χ1v) is 7.18. The van der Waals surface area contributed by atoms with Crippen LogP contribution in [0, 0.1) is 0 Å². The summed E-state index contributed by atoms with van der Waals surface area (Å²) in [6.45, 7) is 0. The van der Waals surface area contributed by atoms with E-state index in [4.69, 9.17) is 5.11 Å². The first-order chi connectivity index (χ1) is 11.2. The Kier molecular flexibility index (Phi) is 2.98. The zero-order valence-electron chi connectivity index (χ0n) is 12.1. The highest BCUT2D eigenvalue weighted by atomic mass is 16.4. The van der Waals surface area contributed by atoms with Crippen molar-refractivity contribution >= 4 is 16.9 Å². The fraction of sp³-hybridized carbons (Fsp3) is 0. The second-order valence-corrected chi connectivity index (χ2v) is 5.28. The van der Waals surface area contributed by atoms with Crippen LogP contribution in [-0.4, -0.2) is 25.8 Å². The Morgan fingerprint density at radius 1 is 1.04 bits per heavy atom. The van der Waals surface area contributed by atoms with Gasteiger partial charge < -0.3 is 10.1 Å². The van der Waals surface area contributed by atoms with E-state index >= 15 is 0 Å². The second-order valence-electron chi connectivity index (χ2n) is 5.28. The molecule has 5 heteroatoms. The molecule has 23 heavy (non-hydrogen) atoms. The highest BCUT2D eigenvalue weighted by Gasteiger charge is 2.07. The van der Waals surface area contributed by atoms with Crippen molar-refractivity contribution in [2.24, 2.45) is 0 Å². The predicted octanol–water partition coefficient (Wildman–Crippen LogP) is 3.72. The Labute approximate surface area is 131 Å². The van der Waals surface area contributed by atoms with E-state index in [-0.39, 0.29) is 5.56 Å². The van der Waals surface area contributed by atoms with E-state index in [1.807, 2.05) is 41.3 Å². The molecule has 0 atom stereocenters. The van der Waals surface area contributed by atoms with Crippen molar-refractivity contribution < 1.29 is 9.90 Å². The fourth-order valence-electron chi connectivity index (χ4n) is 2.59. The SMILES string of the molecule is O=C(O)c1ccc(-c2ccn(-c3ccc4[nH]ccc4c3)n2)cc1. The van der Waals surface area contributed by atoms with E-state index in [0.29, 0.717) is 0 Å². The smallest absolute Gasteiger partial charge is 0.335 e. The number of rotatable bonds is 3. The number of fused-ring (bicyclic) bond motifs is 1. The number of hydrogen-bond donors (Lipinski definition) is 2. The van der Waals surface area contributed by atoms with Gasteiger partial charge in [0.25, 0.3) is 0 Å². The first kappa shape index (κ1) is 13.3. The zero-order chi connectivity index (χ0) is 15.8. The van der Waals surface area contributed by atoms with Crippen LogP contribution >= 0.6 is 0 Å². The number of carboxylic acids is 1. The van der Waals surface area contributed by atoms with E-state index in [0.717, 1.165) is 27.8 Å². The molecule has 2 aromatic carbocycles. The molecule has 0 spiro atoms. The normalized spacial score (nSPS) is 11.0. The van der Waals surface area contributed by atoms with E-state index < -0.39 is 5.97 Å². The van der Waals surface area contributed by atoms with Gasteiger partial charge in [0.1, 0.15) is 0 Å². The van der Waals surface area contributed by atoms with Gasteiger partial charge in [0.15, 0.2) is 0 Å². The summed E-state index contributed by atoms with van der Waals surface area (Å²) in [5, 5.41) is 14.7. The molecule has 0 unspecified atom stereocenters. The molecule has 0 bridgehead atoms. The van der Waals surface area contributed by atoms with Gasteiger partial charge in [0, 0.05) is 28.9 Å². The number of nitrogens with zero attached hydrogens (tertiary/aromatic N) is 2. The van der Waals surface area contributed by atoms with E-state index in [2.05, 4.69) is 16.1 Å². The Hall–Kier alpha value is -3.34. The van der Waals surface area contributed by atoms with Crippen LogP contribution in [0.25, 0.3) is 27.8 Å². The summed E-state index contributed by atoms with van der Waals surface area (Å²) in [5.41, 5.74) is 4.02. The third-order valence-corrected chi connectivity index (χ3v) is 3.82. The number of carbonyl (C=O) groups is 1. The Balaban J connectivity index is 1.69. The lowest BCUT2D eigenvalue weighted by Crippen LogP contribution is -1.96. The zero-order valence-corrected chi connectivity index (χ0v) is 12.1. The number of aromatic amines is 1. The molecule has 5 nitrogen and oxygen atoms in total. The molecule has 2 aromatic heterocycles. The lowest BCUT2D eigenvalue weighted by Gasteiger charge is -2.02. The fourth-order valence-corrected chi connectivity index (χ4v) is 2.59. The number of hydrogen-bond acceptors (Lipinski definition) is 2. The van der Waals surface area contributed by atoms with Crippen LogP contribution in [-0.2, 0) is 0 Å². The lowest BCUT2D eigenvalue weighted by atomic mass is 10.1. The Bertz CT molecular complexity index is 996. The minimum atomic E-state index is -0.929. The Morgan fingerprint density at radius 2 is 1.87 bits per heavy atom. The number of nitrogens with one attached hydrogen (secondary N) is 1. The topological polar surface area (TPSA) is 70.9 Å². The average Bonchev–Trinajstić information content (AvgIpc) is 3.23. The van der Waals surface area contributed by atoms with Crippen LogP contribution in [0.15, 0.2) is 67.0 Å². The molecule has 0 saturated carbocycles. The lowest BCUT2D eigenvalue weighted by molar-refractivity contribution is 0.0697. The summed E-state index contributed by atoms with van der Waals surface area (Å²) in [4.78, 5) is 14.1. The molecule has 2 heterocycles. The van der Waals surface area contributed by atoms with Crippen molar-refractivity contribution in [3.8, 4) is 16.9 Å². The summed E-state index contributed by atoms with van der Waals surface area (Å²) in [7, 11) is 0. The van der Waals surface area contributed by atoms with Crippen molar-refractivity contribution in [3.63, 3.8) is 0 Å². The molecule has 2 N–H and O–H groups in total. The highest BCUT2D eigenvalue weighted by Crippen LogP contribution is 2.21. The van der Waals surface area contributed by atoms with E-state index in [1.165, 1.54) is 0 Å². The van der Waals surface area contributed by atoms with Gasteiger partial charge >= 0.3 is 5.97 Å². The van der Waals surface area contributed by atoms with Crippen molar-refractivity contribution in [1.82, 2.24) is 14.8 Å². The number of carboxylic acid groups (broad SMARTS) is 1. The van der Waals surface area contributed by atoms with Crippen LogP contribution in [0.5, 0.6) is 0 Å². The van der Waals surface area contributed by atoms with Crippen molar-refractivity contribution in [2.45, 2.75) is 0 Å². The van der Waals surface area contributed by atoms with Crippen LogP contribution < -0.4 is 0 Å². The molecule has 112 valence electrons. The van der Waals surface area contributed by atoms with Crippen molar-refractivity contribution in [1.29, 1.82) is 0 Å². The summed E-state index contributed by atoms with van der Waals surface area (Å²) in [6, 6.07) is 16.7. The van der Waals surface area contributed by atoms with Gasteiger partial charge in [0.05, 0.1) is 16.9 Å². The molecule has 4 aromatic rings. The van der Waals surface area contributed by atoms with Gasteiger partial charge in [-0.15, -0.1) is 0 Å². The molecular weight excluding hydrogens is 290 g/mol. The number of H-pyrrole nitrogens is 1. The third kappa shape index (κ3) is 2.38. The standard InChI is InChI=1S/C18H13N3O2/c22-18(23)13-3-1-12(2-4-13)17-8-10-21(20-17)15-5-6-16-14(11-15)7-9-19-16/h1-11,19H,(H,22,23). The monoisotopic (exact) mass is 303 g/mol.